The number of ether oxygens (including phenoxy) is 1. The van der Waals surface area contributed by atoms with Crippen molar-refractivity contribution in [3.8, 4) is 22.9 Å². The van der Waals surface area contributed by atoms with E-state index < -0.39 is 17.6 Å². The largest absolute Gasteiger partial charge is 0.495 e. The van der Waals surface area contributed by atoms with E-state index in [0.717, 1.165) is 4.57 Å². The number of halogens is 2. The number of pyridine rings is 1. The van der Waals surface area contributed by atoms with Gasteiger partial charge < -0.3 is 14.7 Å². The fourth-order valence-electron chi connectivity index (χ4n) is 3.00. The van der Waals surface area contributed by atoms with E-state index in [-0.39, 0.29) is 24.6 Å². The van der Waals surface area contributed by atoms with Gasteiger partial charge in [0.2, 0.25) is 0 Å². The molecule has 1 aromatic heterocycles. The Morgan fingerprint density at radius 1 is 1.45 bits per heavy atom. The summed E-state index contributed by atoms with van der Waals surface area (Å²) in [5.41, 5.74) is 1.12. The Hall–Kier alpha value is -3.02. The molecular weight excluding hydrogens is 421 g/mol. The average Bonchev–Trinajstić information content (AvgIpc) is 3.19. The van der Waals surface area contributed by atoms with E-state index in [0.29, 0.717) is 40.5 Å². The molecule has 2 heterocycles. The molecule has 1 atom stereocenters. The van der Waals surface area contributed by atoms with Gasteiger partial charge in [0, 0.05) is 35.1 Å². The molecule has 1 N–H and O–H groups in total. The molecule has 0 bridgehead atoms. The summed E-state index contributed by atoms with van der Waals surface area (Å²) < 4.78 is 6.46. The van der Waals surface area contributed by atoms with Crippen molar-refractivity contribution < 1.29 is 19.5 Å². The number of carbonyl (C=O) groups is 1. The number of carboxylic acid groups (broad SMARTS) is 1. The van der Waals surface area contributed by atoms with Crippen LogP contribution < -0.4 is 10.3 Å². The molecule has 2 aromatic rings. The number of hydrogen-bond donors (Lipinski definition) is 1. The van der Waals surface area contributed by atoms with Gasteiger partial charge in [0.05, 0.1) is 30.7 Å². The first-order chi connectivity index (χ1) is 13.4. The van der Waals surface area contributed by atoms with E-state index in [4.69, 9.17) is 21.2 Å². The van der Waals surface area contributed by atoms with Crippen molar-refractivity contribution in [1.29, 1.82) is 5.26 Å². The molecule has 29 heavy (non-hydrogen) atoms. The topological polar surface area (TPSA) is 114 Å². The molecule has 1 aliphatic heterocycles. The van der Waals surface area contributed by atoms with Crippen molar-refractivity contribution in [2.45, 2.75) is 18.9 Å². The van der Waals surface area contributed by atoms with Gasteiger partial charge in [-0.3, -0.25) is 9.36 Å². The van der Waals surface area contributed by atoms with Crippen molar-refractivity contribution in [1.82, 2.24) is 4.57 Å². The van der Waals surface area contributed by atoms with Gasteiger partial charge in [0.25, 0.3) is 5.56 Å². The molecule has 3 rings (SSSR count). The Labute approximate surface area is 177 Å². The molecule has 0 amide bonds. The Balaban J connectivity index is 0.00000300. The lowest BCUT2D eigenvalue weighted by atomic mass is 10.00. The Morgan fingerprint density at radius 2 is 2.21 bits per heavy atom. The number of oxime groups is 1. The first-order valence-electron chi connectivity index (χ1n) is 8.35. The zero-order chi connectivity index (χ0) is 20.3. The predicted molar refractivity (Wildman–Crippen MR) is 109 cm³/mol. The van der Waals surface area contributed by atoms with Crippen LogP contribution in [0, 0.1) is 11.3 Å². The minimum absolute atomic E-state index is 0. The second kappa shape index (κ2) is 9.45. The van der Waals surface area contributed by atoms with Crippen LogP contribution in [0.2, 0.25) is 5.02 Å². The highest BCUT2D eigenvalue weighted by molar-refractivity contribution is 6.31. The Morgan fingerprint density at radius 3 is 2.79 bits per heavy atom. The number of nitrogens with zero attached hydrogens (tertiary/aromatic N) is 3. The lowest BCUT2D eigenvalue weighted by Crippen LogP contribution is -2.31. The molecule has 8 nitrogen and oxygen atoms in total. The third kappa shape index (κ3) is 4.70. The lowest BCUT2D eigenvalue weighted by Gasteiger charge is -2.18. The standard InChI is InChI=1S/C19H16ClN3O5.ClH/c1-27-17-10-23(16(19(25)26)7-13-4-5-28-22-13)18(24)8-15(17)14-6-12(20)3-2-11(14)9-21;/h2-3,6,8,10,16H,4-5,7H2,1H3,(H,25,26);1H. The van der Waals surface area contributed by atoms with Gasteiger partial charge in [-0.1, -0.05) is 16.8 Å². The second-order valence-electron chi connectivity index (χ2n) is 6.10. The zero-order valence-corrected chi connectivity index (χ0v) is 16.9. The quantitative estimate of drug-likeness (QED) is 0.741. The van der Waals surface area contributed by atoms with Gasteiger partial charge in [0.15, 0.2) is 0 Å². The van der Waals surface area contributed by atoms with Gasteiger partial charge in [0.1, 0.15) is 18.4 Å². The molecule has 0 saturated heterocycles. The molecule has 1 unspecified atom stereocenters. The Bertz CT molecular complexity index is 1060. The summed E-state index contributed by atoms with van der Waals surface area (Å²) in [6.07, 6.45) is 1.88. The van der Waals surface area contributed by atoms with Crippen LogP contribution in [0.1, 0.15) is 24.4 Å². The van der Waals surface area contributed by atoms with Crippen LogP contribution >= 0.6 is 24.0 Å². The predicted octanol–water partition coefficient (Wildman–Crippen LogP) is 3.26. The van der Waals surface area contributed by atoms with Gasteiger partial charge in [-0.25, -0.2) is 4.79 Å². The van der Waals surface area contributed by atoms with Crippen molar-refractivity contribution in [3.63, 3.8) is 0 Å². The number of methoxy groups -OCH3 is 1. The molecule has 0 spiro atoms. The summed E-state index contributed by atoms with van der Waals surface area (Å²) in [4.78, 5) is 29.4. The second-order valence-corrected chi connectivity index (χ2v) is 6.54. The van der Waals surface area contributed by atoms with Crippen molar-refractivity contribution in [2.75, 3.05) is 13.7 Å². The molecular formula is C19H17Cl2N3O5. The maximum Gasteiger partial charge on any atom is 0.327 e. The number of aliphatic carboxylic acids is 1. The van der Waals surface area contributed by atoms with Crippen LogP contribution in [0.5, 0.6) is 5.75 Å². The number of benzene rings is 1. The number of hydrogen-bond acceptors (Lipinski definition) is 6. The van der Waals surface area contributed by atoms with Gasteiger partial charge in [-0.05, 0) is 18.2 Å². The van der Waals surface area contributed by atoms with Crippen LogP contribution in [0.15, 0.2) is 40.4 Å². The van der Waals surface area contributed by atoms with E-state index in [9.17, 15) is 20.0 Å². The summed E-state index contributed by atoms with van der Waals surface area (Å²) >= 11 is 6.04. The van der Waals surface area contributed by atoms with E-state index in [1.165, 1.54) is 19.4 Å². The number of rotatable bonds is 6. The van der Waals surface area contributed by atoms with Crippen LogP contribution in [0.25, 0.3) is 11.1 Å². The SMILES string of the molecule is COc1cn(C(CC2=NOCC2)C(=O)O)c(=O)cc1-c1cc(Cl)ccc1C#N.Cl. The van der Waals surface area contributed by atoms with Crippen LogP contribution in [-0.4, -0.2) is 35.1 Å². The number of aromatic nitrogens is 1. The maximum atomic E-state index is 12.7. The fourth-order valence-corrected chi connectivity index (χ4v) is 3.17. The van der Waals surface area contributed by atoms with E-state index in [1.807, 2.05) is 6.07 Å². The third-order valence-corrected chi connectivity index (χ3v) is 4.62. The van der Waals surface area contributed by atoms with Crippen molar-refractivity contribution in [2.24, 2.45) is 5.16 Å². The van der Waals surface area contributed by atoms with Gasteiger partial charge in [-0.15, -0.1) is 12.4 Å². The van der Waals surface area contributed by atoms with E-state index >= 15 is 0 Å². The number of carboxylic acids is 1. The van der Waals surface area contributed by atoms with Crippen LogP contribution in [-0.2, 0) is 9.63 Å². The highest BCUT2D eigenvalue weighted by atomic mass is 35.5. The van der Waals surface area contributed by atoms with Gasteiger partial charge >= 0.3 is 5.97 Å². The molecule has 152 valence electrons. The lowest BCUT2D eigenvalue weighted by molar-refractivity contribution is -0.140. The molecule has 0 radical (unpaired) electrons. The van der Waals surface area contributed by atoms with Crippen LogP contribution in [0.3, 0.4) is 0 Å². The fraction of sp³-hybridized carbons (Fsp3) is 0.263. The molecule has 0 fully saturated rings. The number of nitriles is 1. The molecule has 1 aromatic carbocycles. The normalized spacial score (nSPS) is 13.5. The minimum Gasteiger partial charge on any atom is -0.495 e. The first kappa shape index (κ1) is 22.3. The highest BCUT2D eigenvalue weighted by Gasteiger charge is 2.26. The van der Waals surface area contributed by atoms with Gasteiger partial charge in [-0.2, -0.15) is 5.26 Å². The van der Waals surface area contributed by atoms with Crippen molar-refractivity contribution >= 4 is 35.7 Å². The van der Waals surface area contributed by atoms with E-state index in [2.05, 4.69) is 5.16 Å². The van der Waals surface area contributed by atoms with Crippen LogP contribution in [0.4, 0.5) is 0 Å². The molecule has 0 saturated carbocycles. The summed E-state index contributed by atoms with van der Waals surface area (Å²) in [5.74, 6) is -0.929. The monoisotopic (exact) mass is 437 g/mol. The Kier molecular flexibility index (Phi) is 7.26. The van der Waals surface area contributed by atoms with Crippen molar-refractivity contribution in [3.05, 3.63) is 51.4 Å². The zero-order valence-electron chi connectivity index (χ0n) is 15.3. The smallest absolute Gasteiger partial charge is 0.327 e. The third-order valence-electron chi connectivity index (χ3n) is 4.38. The molecule has 1 aliphatic rings. The minimum atomic E-state index is -1.17. The highest BCUT2D eigenvalue weighted by Crippen LogP contribution is 2.33. The first-order valence-corrected chi connectivity index (χ1v) is 8.73. The summed E-state index contributed by atoms with van der Waals surface area (Å²) in [5, 5.41) is 23.2. The van der Waals surface area contributed by atoms with E-state index in [1.54, 1.807) is 18.2 Å². The average molecular weight is 438 g/mol. The summed E-state index contributed by atoms with van der Waals surface area (Å²) in [6, 6.07) is 6.80. The maximum absolute atomic E-state index is 12.7. The molecule has 10 heteroatoms. The summed E-state index contributed by atoms with van der Waals surface area (Å²) in [6.45, 7) is 0.393. The molecule has 0 aliphatic carbocycles. The summed E-state index contributed by atoms with van der Waals surface area (Å²) in [7, 11) is 1.40.